The quantitative estimate of drug-likeness (QED) is 0.480. The standard InChI is InChI=1S/C19H17N7O3/c1-12(18(27)25-17-15-16(21-10-20-15)22-11-23-17)29-19(28)14-5-3-13(4-6-14)9-26-8-2-7-24-26/h2-8,10-12H,9H2,1H3,(H2,20,21,22,23,25,27). The second-order valence-electron chi connectivity index (χ2n) is 6.26. The van der Waals surface area contributed by atoms with Crippen molar-refractivity contribution in [1.82, 2.24) is 29.7 Å². The minimum absolute atomic E-state index is 0.267. The Kier molecular flexibility index (Phi) is 4.97. The molecule has 4 aromatic rings. The highest BCUT2D eigenvalue weighted by molar-refractivity contribution is 6.00. The van der Waals surface area contributed by atoms with Gasteiger partial charge in [-0.15, -0.1) is 0 Å². The van der Waals surface area contributed by atoms with E-state index in [1.165, 1.54) is 19.6 Å². The number of anilines is 1. The van der Waals surface area contributed by atoms with Gasteiger partial charge in [-0.2, -0.15) is 5.10 Å². The highest BCUT2D eigenvalue weighted by Gasteiger charge is 2.20. The molecule has 0 radical (unpaired) electrons. The molecule has 0 bridgehead atoms. The van der Waals surface area contributed by atoms with E-state index in [0.717, 1.165) is 5.56 Å². The van der Waals surface area contributed by atoms with Crippen LogP contribution in [0.2, 0.25) is 0 Å². The fourth-order valence-electron chi connectivity index (χ4n) is 2.69. The number of ether oxygens (including phenoxy) is 1. The van der Waals surface area contributed by atoms with Gasteiger partial charge in [0.05, 0.1) is 18.4 Å². The van der Waals surface area contributed by atoms with Gasteiger partial charge >= 0.3 is 5.97 Å². The summed E-state index contributed by atoms with van der Waals surface area (Å²) in [5.74, 6) is -0.834. The number of aromatic nitrogens is 6. The van der Waals surface area contributed by atoms with Gasteiger partial charge in [0.25, 0.3) is 5.91 Å². The van der Waals surface area contributed by atoms with Crippen LogP contribution in [0.25, 0.3) is 11.2 Å². The zero-order chi connectivity index (χ0) is 20.2. The van der Waals surface area contributed by atoms with Crippen LogP contribution in [0.3, 0.4) is 0 Å². The van der Waals surface area contributed by atoms with Crippen molar-refractivity contribution in [2.45, 2.75) is 19.6 Å². The second-order valence-corrected chi connectivity index (χ2v) is 6.26. The zero-order valence-corrected chi connectivity index (χ0v) is 15.4. The Morgan fingerprint density at radius 2 is 2.03 bits per heavy atom. The predicted molar refractivity (Wildman–Crippen MR) is 103 cm³/mol. The molecule has 1 amide bonds. The number of hydrogen-bond acceptors (Lipinski definition) is 7. The van der Waals surface area contributed by atoms with Crippen molar-refractivity contribution in [3.63, 3.8) is 0 Å². The first kappa shape index (κ1) is 18.3. The number of rotatable bonds is 6. The van der Waals surface area contributed by atoms with E-state index in [-0.39, 0.29) is 5.82 Å². The number of aromatic amines is 1. The maximum absolute atomic E-state index is 12.4. The number of carbonyl (C=O) groups excluding carboxylic acids is 2. The summed E-state index contributed by atoms with van der Waals surface area (Å²) in [5.41, 5.74) is 2.26. The highest BCUT2D eigenvalue weighted by atomic mass is 16.5. The second kappa shape index (κ2) is 7.89. The molecular formula is C19H17N7O3. The van der Waals surface area contributed by atoms with Gasteiger partial charge < -0.3 is 15.0 Å². The molecule has 0 saturated carbocycles. The average molecular weight is 391 g/mol. The summed E-state index contributed by atoms with van der Waals surface area (Å²) in [7, 11) is 0. The summed E-state index contributed by atoms with van der Waals surface area (Å²) >= 11 is 0. The molecule has 29 heavy (non-hydrogen) atoms. The Bertz CT molecular complexity index is 1140. The number of fused-ring (bicyclic) bond motifs is 1. The Hall–Kier alpha value is -4.08. The smallest absolute Gasteiger partial charge is 0.338 e. The van der Waals surface area contributed by atoms with E-state index in [1.54, 1.807) is 23.0 Å². The first-order chi connectivity index (χ1) is 14.1. The molecule has 0 spiro atoms. The van der Waals surface area contributed by atoms with Gasteiger partial charge in [-0.25, -0.2) is 19.7 Å². The monoisotopic (exact) mass is 391 g/mol. The van der Waals surface area contributed by atoms with Crippen LogP contribution in [0.4, 0.5) is 5.82 Å². The van der Waals surface area contributed by atoms with E-state index in [9.17, 15) is 9.59 Å². The fourth-order valence-corrected chi connectivity index (χ4v) is 2.69. The van der Waals surface area contributed by atoms with Crippen molar-refractivity contribution < 1.29 is 14.3 Å². The summed E-state index contributed by atoms with van der Waals surface area (Å²) in [4.78, 5) is 39.6. The van der Waals surface area contributed by atoms with Crippen LogP contribution in [0.5, 0.6) is 0 Å². The Morgan fingerprint density at radius 1 is 1.21 bits per heavy atom. The number of nitrogens with one attached hydrogen (secondary N) is 2. The van der Waals surface area contributed by atoms with Gasteiger partial charge in [-0.3, -0.25) is 9.48 Å². The molecule has 10 heteroatoms. The van der Waals surface area contributed by atoms with Crippen molar-refractivity contribution >= 4 is 28.9 Å². The number of esters is 1. The number of imidazole rings is 1. The highest BCUT2D eigenvalue weighted by Crippen LogP contribution is 2.15. The molecule has 0 fully saturated rings. The third-order valence-corrected chi connectivity index (χ3v) is 4.21. The maximum atomic E-state index is 12.4. The molecular weight excluding hydrogens is 374 g/mol. The molecule has 0 aliphatic heterocycles. The normalized spacial score (nSPS) is 11.9. The van der Waals surface area contributed by atoms with Crippen LogP contribution >= 0.6 is 0 Å². The Balaban J connectivity index is 1.37. The first-order valence-electron chi connectivity index (χ1n) is 8.82. The Morgan fingerprint density at radius 3 is 2.79 bits per heavy atom. The molecule has 1 unspecified atom stereocenters. The number of H-pyrrole nitrogens is 1. The maximum Gasteiger partial charge on any atom is 0.338 e. The topological polar surface area (TPSA) is 128 Å². The van der Waals surface area contributed by atoms with Crippen molar-refractivity contribution in [2.75, 3.05) is 5.32 Å². The number of hydrogen-bond donors (Lipinski definition) is 2. The summed E-state index contributed by atoms with van der Waals surface area (Å²) in [6.07, 6.45) is 5.29. The van der Waals surface area contributed by atoms with E-state index in [0.29, 0.717) is 23.3 Å². The van der Waals surface area contributed by atoms with Crippen molar-refractivity contribution in [2.24, 2.45) is 0 Å². The third-order valence-electron chi connectivity index (χ3n) is 4.21. The summed E-state index contributed by atoms with van der Waals surface area (Å²) in [6, 6.07) is 8.80. The molecule has 0 aliphatic carbocycles. The van der Waals surface area contributed by atoms with Gasteiger partial charge in [0, 0.05) is 12.4 Å². The minimum atomic E-state index is -1.01. The van der Waals surface area contributed by atoms with E-state index in [1.807, 2.05) is 24.4 Å². The number of nitrogens with zero attached hydrogens (tertiary/aromatic N) is 5. The van der Waals surface area contributed by atoms with E-state index < -0.39 is 18.0 Å². The minimum Gasteiger partial charge on any atom is -0.449 e. The van der Waals surface area contributed by atoms with Crippen molar-refractivity contribution in [3.05, 3.63) is 66.5 Å². The van der Waals surface area contributed by atoms with Gasteiger partial charge in [0.1, 0.15) is 11.8 Å². The third kappa shape index (κ3) is 4.10. The van der Waals surface area contributed by atoms with Crippen LogP contribution in [-0.4, -0.2) is 47.7 Å². The lowest BCUT2D eigenvalue weighted by Gasteiger charge is -2.13. The van der Waals surface area contributed by atoms with E-state index >= 15 is 0 Å². The van der Waals surface area contributed by atoms with Gasteiger partial charge in [-0.05, 0) is 30.7 Å². The average Bonchev–Trinajstić information content (AvgIpc) is 3.40. The molecule has 3 heterocycles. The van der Waals surface area contributed by atoms with Crippen LogP contribution in [-0.2, 0) is 16.1 Å². The Labute approximate surface area is 165 Å². The lowest BCUT2D eigenvalue weighted by molar-refractivity contribution is -0.123. The molecule has 4 rings (SSSR count). The van der Waals surface area contributed by atoms with Gasteiger partial charge in [0.2, 0.25) is 0 Å². The molecule has 0 aliphatic rings. The number of amides is 1. The van der Waals surface area contributed by atoms with Crippen LogP contribution in [0.1, 0.15) is 22.8 Å². The van der Waals surface area contributed by atoms with Crippen molar-refractivity contribution in [1.29, 1.82) is 0 Å². The molecule has 0 saturated heterocycles. The summed E-state index contributed by atoms with van der Waals surface area (Å²) in [6.45, 7) is 2.09. The van der Waals surface area contributed by atoms with E-state index in [2.05, 4.69) is 30.4 Å². The zero-order valence-electron chi connectivity index (χ0n) is 15.4. The first-order valence-corrected chi connectivity index (χ1v) is 8.82. The predicted octanol–water partition coefficient (Wildman–Crippen LogP) is 1.78. The van der Waals surface area contributed by atoms with Crippen LogP contribution < -0.4 is 5.32 Å². The van der Waals surface area contributed by atoms with Gasteiger partial charge in [-0.1, -0.05) is 12.1 Å². The SMILES string of the molecule is CC(OC(=O)c1ccc(Cn2cccn2)cc1)C(=O)Nc1ncnc2nc[nH]c12. The number of benzene rings is 1. The molecule has 2 N–H and O–H groups in total. The molecule has 1 aromatic carbocycles. The summed E-state index contributed by atoms with van der Waals surface area (Å²) in [5, 5.41) is 6.76. The lowest BCUT2D eigenvalue weighted by atomic mass is 10.1. The van der Waals surface area contributed by atoms with Crippen LogP contribution in [0, 0.1) is 0 Å². The molecule has 3 aromatic heterocycles. The summed E-state index contributed by atoms with van der Waals surface area (Å²) < 4.78 is 7.05. The van der Waals surface area contributed by atoms with Crippen LogP contribution in [0.15, 0.2) is 55.4 Å². The fraction of sp³-hybridized carbons (Fsp3) is 0.158. The number of carbonyl (C=O) groups is 2. The largest absolute Gasteiger partial charge is 0.449 e. The molecule has 1 atom stereocenters. The van der Waals surface area contributed by atoms with Gasteiger partial charge in [0.15, 0.2) is 17.6 Å². The lowest BCUT2D eigenvalue weighted by Crippen LogP contribution is -2.30. The van der Waals surface area contributed by atoms with E-state index in [4.69, 9.17) is 4.74 Å². The molecule has 146 valence electrons. The van der Waals surface area contributed by atoms with Crippen molar-refractivity contribution in [3.8, 4) is 0 Å². The molecule has 10 nitrogen and oxygen atoms in total.